The molecule has 6 heteroatoms. The first-order chi connectivity index (χ1) is 11.6. The number of pyridine rings is 1. The molecular formula is C18H22N2O4. The molecule has 0 aliphatic carbocycles. The van der Waals surface area contributed by atoms with Crippen LogP contribution in [0.1, 0.15) is 25.8 Å². The van der Waals surface area contributed by atoms with Crippen LogP contribution in [0.15, 0.2) is 29.2 Å². The van der Waals surface area contributed by atoms with Gasteiger partial charge in [-0.15, -0.1) is 0 Å². The van der Waals surface area contributed by atoms with Gasteiger partial charge >= 0.3 is 0 Å². The third-order valence-electron chi connectivity index (χ3n) is 4.64. The molecule has 0 bridgehead atoms. The van der Waals surface area contributed by atoms with Crippen LogP contribution in [0.4, 0.5) is 0 Å². The zero-order valence-corrected chi connectivity index (χ0v) is 14.2. The lowest BCUT2D eigenvalue weighted by Gasteiger charge is -2.22. The van der Waals surface area contributed by atoms with Crippen molar-refractivity contribution in [2.75, 3.05) is 27.3 Å². The molecule has 0 N–H and O–H groups in total. The third kappa shape index (κ3) is 2.62. The van der Waals surface area contributed by atoms with Gasteiger partial charge in [0.2, 0.25) is 5.91 Å². The molecule has 0 unspecified atom stereocenters. The van der Waals surface area contributed by atoms with Crippen LogP contribution in [-0.2, 0) is 4.79 Å². The highest BCUT2D eigenvalue weighted by atomic mass is 16.5. The van der Waals surface area contributed by atoms with Gasteiger partial charge in [0.15, 0.2) is 11.5 Å². The van der Waals surface area contributed by atoms with E-state index in [0.717, 1.165) is 25.9 Å². The molecule has 6 nitrogen and oxygen atoms in total. The van der Waals surface area contributed by atoms with Crippen molar-refractivity contribution in [1.82, 2.24) is 9.47 Å². The highest BCUT2D eigenvalue weighted by Crippen LogP contribution is 2.34. The standard InChI is InChI=1S/C18H22N2O4/c1-12(17(21)19-9-4-5-10-19)20-11-8-13-14(18(20)22)6-7-15(23-2)16(13)24-3/h6-8,11-12H,4-5,9-10H2,1-3H3/t12-/m1/s1. The molecular weight excluding hydrogens is 308 g/mol. The van der Waals surface area contributed by atoms with Crippen LogP contribution in [-0.4, -0.2) is 42.7 Å². The van der Waals surface area contributed by atoms with E-state index >= 15 is 0 Å². The lowest BCUT2D eigenvalue weighted by atomic mass is 10.1. The molecule has 1 aromatic carbocycles. The van der Waals surface area contributed by atoms with Gasteiger partial charge in [0.25, 0.3) is 5.56 Å². The van der Waals surface area contributed by atoms with Crippen LogP contribution in [0.2, 0.25) is 0 Å². The Morgan fingerprint density at radius 2 is 1.79 bits per heavy atom. The van der Waals surface area contributed by atoms with Gasteiger partial charge in [-0.25, -0.2) is 0 Å². The summed E-state index contributed by atoms with van der Waals surface area (Å²) in [7, 11) is 3.10. The molecule has 1 aliphatic heterocycles. The fourth-order valence-electron chi connectivity index (χ4n) is 3.29. The number of carbonyl (C=O) groups is 1. The van der Waals surface area contributed by atoms with Crippen molar-refractivity contribution in [1.29, 1.82) is 0 Å². The first-order valence-electron chi connectivity index (χ1n) is 8.13. The number of hydrogen-bond acceptors (Lipinski definition) is 4. The van der Waals surface area contributed by atoms with Crippen molar-refractivity contribution in [2.24, 2.45) is 0 Å². The summed E-state index contributed by atoms with van der Waals surface area (Å²) in [5.74, 6) is 1.09. The largest absolute Gasteiger partial charge is 0.493 e. The normalized spacial score (nSPS) is 15.5. The molecule has 1 atom stereocenters. The van der Waals surface area contributed by atoms with E-state index < -0.39 is 6.04 Å². The number of methoxy groups -OCH3 is 2. The number of fused-ring (bicyclic) bond motifs is 1. The van der Waals surface area contributed by atoms with Crippen LogP contribution < -0.4 is 15.0 Å². The maximum absolute atomic E-state index is 12.9. The van der Waals surface area contributed by atoms with Crippen LogP contribution in [0.3, 0.4) is 0 Å². The number of aromatic nitrogens is 1. The van der Waals surface area contributed by atoms with E-state index in [1.165, 1.54) is 4.57 Å². The molecule has 0 saturated carbocycles. The molecule has 2 heterocycles. The Kier molecular flexibility index (Phi) is 4.46. The minimum Gasteiger partial charge on any atom is -0.493 e. The second kappa shape index (κ2) is 6.55. The Bertz CT molecular complexity index is 822. The Morgan fingerprint density at radius 3 is 2.42 bits per heavy atom. The SMILES string of the molecule is COc1ccc2c(=O)n([C@H](C)C(=O)N3CCCC3)ccc2c1OC. The van der Waals surface area contributed by atoms with E-state index in [2.05, 4.69) is 0 Å². The van der Waals surface area contributed by atoms with Gasteiger partial charge in [0.05, 0.1) is 19.6 Å². The number of ether oxygens (including phenoxy) is 2. The van der Waals surface area contributed by atoms with Gasteiger partial charge in [-0.2, -0.15) is 0 Å². The van der Waals surface area contributed by atoms with E-state index in [-0.39, 0.29) is 11.5 Å². The van der Waals surface area contributed by atoms with Crippen molar-refractivity contribution in [2.45, 2.75) is 25.8 Å². The molecule has 1 aromatic heterocycles. The molecule has 1 fully saturated rings. The summed E-state index contributed by atoms with van der Waals surface area (Å²) >= 11 is 0. The first-order valence-corrected chi connectivity index (χ1v) is 8.13. The topological polar surface area (TPSA) is 60.8 Å². The quantitative estimate of drug-likeness (QED) is 0.862. The van der Waals surface area contributed by atoms with E-state index in [4.69, 9.17) is 9.47 Å². The molecule has 1 saturated heterocycles. The number of amides is 1. The molecule has 0 radical (unpaired) electrons. The molecule has 1 aliphatic rings. The number of benzene rings is 1. The lowest BCUT2D eigenvalue weighted by molar-refractivity contribution is -0.133. The van der Waals surface area contributed by atoms with Gasteiger partial charge in [0.1, 0.15) is 6.04 Å². The van der Waals surface area contributed by atoms with Gasteiger partial charge < -0.3 is 18.9 Å². The minimum absolute atomic E-state index is 0.00516. The summed E-state index contributed by atoms with van der Waals surface area (Å²) in [4.78, 5) is 27.3. The number of nitrogens with zero attached hydrogens (tertiary/aromatic N) is 2. The average Bonchev–Trinajstić information content (AvgIpc) is 3.14. The van der Waals surface area contributed by atoms with E-state index in [9.17, 15) is 9.59 Å². The molecule has 0 spiro atoms. The summed E-state index contributed by atoms with van der Waals surface area (Å²) in [6, 6.07) is 4.70. The zero-order chi connectivity index (χ0) is 17.3. The zero-order valence-electron chi connectivity index (χ0n) is 14.2. The van der Waals surface area contributed by atoms with Gasteiger partial charge in [-0.05, 0) is 38.0 Å². The smallest absolute Gasteiger partial charge is 0.259 e. The van der Waals surface area contributed by atoms with Crippen LogP contribution >= 0.6 is 0 Å². The van der Waals surface area contributed by atoms with Gasteiger partial charge in [0, 0.05) is 24.7 Å². The van der Waals surface area contributed by atoms with Gasteiger partial charge in [-0.1, -0.05) is 0 Å². The second-order valence-electron chi connectivity index (χ2n) is 6.00. The predicted octanol–water partition coefficient (Wildman–Crippen LogP) is 2.20. The monoisotopic (exact) mass is 330 g/mol. The fourth-order valence-corrected chi connectivity index (χ4v) is 3.29. The van der Waals surface area contributed by atoms with Crippen molar-refractivity contribution in [3.63, 3.8) is 0 Å². The van der Waals surface area contributed by atoms with Crippen molar-refractivity contribution in [3.05, 3.63) is 34.7 Å². The number of likely N-dealkylation sites (tertiary alicyclic amines) is 1. The van der Waals surface area contributed by atoms with Crippen LogP contribution in [0.25, 0.3) is 10.8 Å². The lowest BCUT2D eigenvalue weighted by Crippen LogP contribution is -2.37. The summed E-state index contributed by atoms with van der Waals surface area (Å²) < 4.78 is 12.2. The molecule has 1 amide bonds. The molecule has 3 rings (SSSR count). The van der Waals surface area contributed by atoms with E-state index in [1.807, 2.05) is 4.90 Å². The Labute approximate surface area is 140 Å². The minimum atomic E-state index is -0.520. The Hall–Kier alpha value is -2.50. The van der Waals surface area contributed by atoms with Gasteiger partial charge in [-0.3, -0.25) is 9.59 Å². The van der Waals surface area contributed by atoms with Crippen molar-refractivity contribution in [3.8, 4) is 11.5 Å². The molecule has 2 aromatic rings. The molecule has 24 heavy (non-hydrogen) atoms. The highest BCUT2D eigenvalue weighted by Gasteiger charge is 2.25. The van der Waals surface area contributed by atoms with Crippen molar-refractivity contribution >= 4 is 16.7 Å². The van der Waals surface area contributed by atoms with Crippen LogP contribution in [0, 0.1) is 0 Å². The number of carbonyl (C=O) groups excluding carboxylic acids is 1. The summed E-state index contributed by atoms with van der Waals surface area (Å²) in [5, 5.41) is 1.19. The van der Waals surface area contributed by atoms with E-state index in [1.54, 1.807) is 45.5 Å². The second-order valence-corrected chi connectivity index (χ2v) is 6.00. The maximum Gasteiger partial charge on any atom is 0.259 e. The summed E-state index contributed by atoms with van der Waals surface area (Å²) in [6.07, 6.45) is 3.72. The van der Waals surface area contributed by atoms with Crippen molar-refractivity contribution < 1.29 is 14.3 Å². The Balaban J connectivity index is 2.06. The first kappa shape index (κ1) is 16.4. The summed E-state index contributed by atoms with van der Waals surface area (Å²) in [5.41, 5.74) is -0.200. The predicted molar refractivity (Wildman–Crippen MR) is 91.8 cm³/mol. The number of rotatable bonds is 4. The molecule has 128 valence electrons. The average molecular weight is 330 g/mol. The Morgan fingerprint density at radius 1 is 1.08 bits per heavy atom. The number of hydrogen-bond donors (Lipinski definition) is 0. The van der Waals surface area contributed by atoms with E-state index in [0.29, 0.717) is 22.3 Å². The highest BCUT2D eigenvalue weighted by molar-refractivity contribution is 5.90. The third-order valence-corrected chi connectivity index (χ3v) is 4.64. The summed E-state index contributed by atoms with van der Waals surface area (Å²) in [6.45, 7) is 3.32. The van der Waals surface area contributed by atoms with Crippen LogP contribution in [0.5, 0.6) is 11.5 Å². The maximum atomic E-state index is 12.9. The fraction of sp³-hybridized carbons (Fsp3) is 0.444.